The first-order valence-corrected chi connectivity index (χ1v) is 15.6. The predicted molar refractivity (Wildman–Crippen MR) is 164 cm³/mol. The van der Waals surface area contributed by atoms with Gasteiger partial charge in [-0.1, -0.05) is 65.9 Å². The molecule has 3 saturated carbocycles. The molecule has 0 aromatic carbocycles. The SMILES string of the molecule is C=C1/C=C/C=C2/[C@H]3[C@@H](CCC[C@@H]2OCC#CC/C(C)=C/CC1)C[C@@]1([C@H](CCCO)/C(=C(\C)C=O)CC[C@@]1(C)O)[C@@H]3O. The minimum absolute atomic E-state index is 0.0386. The van der Waals surface area contributed by atoms with Gasteiger partial charge in [0, 0.05) is 24.4 Å². The summed E-state index contributed by atoms with van der Waals surface area (Å²) in [7, 11) is 0. The molecular formula is C36H50O5. The number of aliphatic hydroxyl groups excluding tert-OH is 2. The van der Waals surface area contributed by atoms with Crippen LogP contribution in [0.15, 0.2) is 58.7 Å². The van der Waals surface area contributed by atoms with Crippen molar-refractivity contribution in [3.8, 4) is 11.8 Å². The molecule has 4 aliphatic rings. The van der Waals surface area contributed by atoms with Crippen LogP contribution in [0, 0.1) is 35.0 Å². The van der Waals surface area contributed by atoms with E-state index in [0.717, 1.165) is 61.5 Å². The smallest absolute Gasteiger partial charge is 0.145 e. The van der Waals surface area contributed by atoms with Gasteiger partial charge in [0.05, 0.1) is 17.8 Å². The van der Waals surface area contributed by atoms with Crippen LogP contribution in [0.3, 0.4) is 0 Å². The van der Waals surface area contributed by atoms with E-state index in [1.807, 2.05) is 13.8 Å². The maximum atomic E-state index is 12.5. The second-order valence-corrected chi connectivity index (χ2v) is 13.0. The van der Waals surface area contributed by atoms with Crippen LogP contribution in [-0.2, 0) is 9.53 Å². The number of hydrogen-bond acceptors (Lipinski definition) is 5. The van der Waals surface area contributed by atoms with E-state index in [2.05, 4.69) is 49.6 Å². The summed E-state index contributed by atoms with van der Waals surface area (Å²) >= 11 is 0. The van der Waals surface area contributed by atoms with Crippen molar-refractivity contribution < 1.29 is 24.9 Å². The summed E-state index contributed by atoms with van der Waals surface area (Å²) in [5, 5.41) is 34.4. The molecule has 3 aliphatic carbocycles. The molecule has 4 rings (SSSR count). The molecule has 7 atom stereocenters. The standard InChI is InChI=1S/C36H50O5/c1-25-11-5-6-22-41-32-18-9-15-28-23-36(34(39)33(28)30(32)16-8-14-26(2)13-7-12-25)31(17-10-21-37)29(27(3)24-38)19-20-35(36,4)40/h8,12,14,16,24,28,31-34,37,39-40H,2,7,9-11,13,15,17-23H2,1,3-4H3/b14-8+,25-12+,29-27+,30-16+/t28-,31+,32-,33+,34+,35+,36+/m0/s1. The summed E-state index contributed by atoms with van der Waals surface area (Å²) in [6, 6.07) is 0. The number of aliphatic hydroxyl groups is 3. The highest BCUT2D eigenvalue weighted by atomic mass is 16.5. The quantitative estimate of drug-likeness (QED) is 0.165. The molecule has 41 heavy (non-hydrogen) atoms. The van der Waals surface area contributed by atoms with E-state index in [-0.39, 0.29) is 30.5 Å². The predicted octanol–water partition coefficient (Wildman–Crippen LogP) is 6.16. The molecule has 0 amide bonds. The lowest BCUT2D eigenvalue weighted by Gasteiger charge is -2.55. The third-order valence-electron chi connectivity index (χ3n) is 10.5. The fraction of sp³-hybridized carbons (Fsp3) is 0.639. The topological polar surface area (TPSA) is 87.0 Å². The van der Waals surface area contributed by atoms with Gasteiger partial charge in [-0.2, -0.15) is 0 Å². The highest BCUT2D eigenvalue weighted by molar-refractivity contribution is 5.74. The number of hydrogen-bond donors (Lipinski definition) is 3. The summed E-state index contributed by atoms with van der Waals surface area (Å²) < 4.78 is 6.44. The van der Waals surface area contributed by atoms with Crippen LogP contribution in [0.25, 0.3) is 0 Å². The van der Waals surface area contributed by atoms with Gasteiger partial charge in [-0.15, -0.1) is 0 Å². The lowest BCUT2D eigenvalue weighted by molar-refractivity contribution is -0.168. The van der Waals surface area contributed by atoms with Gasteiger partial charge in [-0.3, -0.25) is 4.79 Å². The van der Waals surface area contributed by atoms with E-state index in [9.17, 15) is 20.1 Å². The molecule has 5 heteroatoms. The molecule has 0 saturated heterocycles. The van der Waals surface area contributed by atoms with E-state index in [1.165, 1.54) is 5.57 Å². The van der Waals surface area contributed by atoms with Crippen LogP contribution >= 0.6 is 0 Å². The van der Waals surface area contributed by atoms with Gasteiger partial charge in [0.25, 0.3) is 0 Å². The number of rotatable bonds is 4. The van der Waals surface area contributed by atoms with Gasteiger partial charge in [0.1, 0.15) is 12.9 Å². The molecule has 1 heterocycles. The zero-order chi connectivity index (χ0) is 29.6. The monoisotopic (exact) mass is 562 g/mol. The Kier molecular flexibility index (Phi) is 10.7. The van der Waals surface area contributed by atoms with Gasteiger partial charge in [-0.25, -0.2) is 0 Å². The number of carbonyl (C=O) groups is 1. The second-order valence-electron chi connectivity index (χ2n) is 13.0. The highest BCUT2D eigenvalue weighted by Gasteiger charge is 2.67. The minimum Gasteiger partial charge on any atom is -0.396 e. The highest BCUT2D eigenvalue weighted by Crippen LogP contribution is 2.66. The van der Waals surface area contributed by atoms with Crippen molar-refractivity contribution in [1.29, 1.82) is 0 Å². The lowest BCUT2D eigenvalue weighted by Crippen LogP contribution is -2.59. The summed E-state index contributed by atoms with van der Waals surface area (Å²) in [4.78, 5) is 12.0. The largest absolute Gasteiger partial charge is 0.396 e. The molecule has 3 N–H and O–H groups in total. The van der Waals surface area contributed by atoms with Crippen molar-refractivity contribution >= 4 is 6.29 Å². The van der Waals surface area contributed by atoms with Gasteiger partial charge in [-0.05, 0) is 102 Å². The Balaban J connectivity index is 1.78. The van der Waals surface area contributed by atoms with Crippen molar-refractivity contribution in [3.63, 3.8) is 0 Å². The van der Waals surface area contributed by atoms with Crippen molar-refractivity contribution in [3.05, 3.63) is 58.7 Å². The Morgan fingerprint density at radius 1 is 1.27 bits per heavy atom. The number of ether oxygens (including phenoxy) is 1. The first kappa shape index (κ1) is 31.7. The van der Waals surface area contributed by atoms with Crippen molar-refractivity contribution in [1.82, 2.24) is 0 Å². The van der Waals surface area contributed by atoms with E-state index in [4.69, 9.17) is 4.74 Å². The average molecular weight is 563 g/mol. The molecule has 0 unspecified atom stereocenters. The lowest BCUT2D eigenvalue weighted by atomic mass is 9.52. The zero-order valence-electron chi connectivity index (χ0n) is 25.3. The minimum atomic E-state index is -1.11. The average Bonchev–Trinajstić information content (AvgIpc) is 3.11. The summed E-state index contributed by atoms with van der Waals surface area (Å²) in [6.45, 7) is 10.5. The fourth-order valence-electron chi connectivity index (χ4n) is 8.32. The van der Waals surface area contributed by atoms with Gasteiger partial charge in [0.15, 0.2) is 0 Å². The van der Waals surface area contributed by atoms with Crippen LogP contribution in [0.2, 0.25) is 0 Å². The molecule has 0 bridgehead atoms. The molecule has 224 valence electrons. The maximum absolute atomic E-state index is 12.5. The molecule has 1 spiro atoms. The van der Waals surface area contributed by atoms with Crippen LogP contribution in [0.5, 0.6) is 0 Å². The molecule has 0 aromatic heterocycles. The second kappa shape index (κ2) is 13.8. The Morgan fingerprint density at radius 3 is 2.83 bits per heavy atom. The van der Waals surface area contributed by atoms with Gasteiger partial charge < -0.3 is 20.1 Å². The summed E-state index contributed by atoms with van der Waals surface area (Å²) in [5.41, 5.74) is 3.20. The first-order valence-electron chi connectivity index (χ1n) is 15.6. The van der Waals surface area contributed by atoms with E-state index in [0.29, 0.717) is 44.3 Å². The molecule has 3 fully saturated rings. The van der Waals surface area contributed by atoms with Crippen LogP contribution in [-0.4, -0.2) is 52.6 Å². The van der Waals surface area contributed by atoms with Crippen LogP contribution in [0.4, 0.5) is 0 Å². The first-order chi connectivity index (χ1) is 19.7. The zero-order valence-corrected chi connectivity index (χ0v) is 25.3. The molecular weight excluding hydrogens is 512 g/mol. The molecule has 0 aromatic rings. The van der Waals surface area contributed by atoms with E-state index >= 15 is 0 Å². The van der Waals surface area contributed by atoms with Gasteiger partial charge in [0.2, 0.25) is 0 Å². The van der Waals surface area contributed by atoms with E-state index in [1.54, 1.807) is 0 Å². The summed E-state index contributed by atoms with van der Waals surface area (Å²) in [5.74, 6) is 6.28. The van der Waals surface area contributed by atoms with E-state index < -0.39 is 17.1 Å². The molecule has 5 nitrogen and oxygen atoms in total. The van der Waals surface area contributed by atoms with Gasteiger partial charge >= 0.3 is 0 Å². The normalized spacial score (nSPS) is 41.1. The third-order valence-corrected chi connectivity index (χ3v) is 10.5. The van der Waals surface area contributed by atoms with Crippen molar-refractivity contribution in [2.45, 2.75) is 109 Å². The number of carbonyl (C=O) groups excluding carboxylic acids is 1. The van der Waals surface area contributed by atoms with Crippen LogP contribution < -0.4 is 0 Å². The summed E-state index contributed by atoms with van der Waals surface area (Å²) in [6.07, 6.45) is 16.7. The Labute approximate surface area is 247 Å². The van der Waals surface area contributed by atoms with Crippen molar-refractivity contribution in [2.24, 2.45) is 23.2 Å². The Bertz CT molecular complexity index is 1160. The number of aldehydes is 1. The van der Waals surface area contributed by atoms with Crippen molar-refractivity contribution in [2.75, 3.05) is 13.2 Å². The number of allylic oxidation sites excluding steroid dienone is 8. The van der Waals surface area contributed by atoms with Crippen LogP contribution in [0.1, 0.15) is 91.4 Å². The Hall–Kier alpha value is -2.23. The Morgan fingerprint density at radius 2 is 2.07 bits per heavy atom. The number of fused-ring (bicyclic) bond motifs is 3. The maximum Gasteiger partial charge on any atom is 0.145 e. The molecule has 0 radical (unpaired) electrons. The third kappa shape index (κ3) is 6.57. The fourth-order valence-corrected chi connectivity index (χ4v) is 8.32. The molecule has 1 aliphatic heterocycles.